The van der Waals surface area contributed by atoms with Gasteiger partial charge in [-0.25, -0.2) is 4.39 Å². The van der Waals surface area contributed by atoms with E-state index >= 15 is 0 Å². The van der Waals surface area contributed by atoms with E-state index in [1.54, 1.807) is 0 Å². The van der Waals surface area contributed by atoms with Gasteiger partial charge in [0.05, 0.1) is 6.54 Å². The molecule has 2 amide bonds. The van der Waals surface area contributed by atoms with Crippen LogP contribution in [0.1, 0.15) is 48.9 Å². The third kappa shape index (κ3) is 5.17. The highest BCUT2D eigenvalue weighted by molar-refractivity contribution is 5.96. The highest BCUT2D eigenvalue weighted by Gasteiger charge is 2.15. The lowest BCUT2D eigenvalue weighted by Crippen LogP contribution is -2.41. The van der Waals surface area contributed by atoms with E-state index in [4.69, 9.17) is 0 Å². The van der Waals surface area contributed by atoms with E-state index < -0.39 is 5.82 Å². The Hall–Kier alpha value is -1.91. The molecule has 0 aromatic heterocycles. The fourth-order valence-corrected chi connectivity index (χ4v) is 2.57. The minimum atomic E-state index is -0.391. The Labute approximate surface area is 124 Å². The molecule has 0 saturated heterocycles. The normalized spacial score (nSPS) is 16.0. The summed E-state index contributed by atoms with van der Waals surface area (Å²) in [6, 6.07) is 5.46. The van der Waals surface area contributed by atoms with Gasteiger partial charge >= 0.3 is 0 Å². The first-order chi connectivity index (χ1) is 10.1. The van der Waals surface area contributed by atoms with E-state index in [1.807, 2.05) is 0 Å². The number of rotatable bonds is 4. The van der Waals surface area contributed by atoms with Crippen LogP contribution in [0.5, 0.6) is 0 Å². The monoisotopic (exact) mass is 292 g/mol. The van der Waals surface area contributed by atoms with Gasteiger partial charge in [0.15, 0.2) is 0 Å². The van der Waals surface area contributed by atoms with Crippen molar-refractivity contribution in [2.75, 3.05) is 6.54 Å². The molecule has 114 valence electrons. The first kappa shape index (κ1) is 15.5. The molecule has 0 atom stereocenters. The molecule has 1 aromatic carbocycles. The van der Waals surface area contributed by atoms with Crippen LogP contribution < -0.4 is 10.6 Å². The average molecular weight is 292 g/mol. The molecule has 1 aromatic rings. The summed E-state index contributed by atoms with van der Waals surface area (Å²) in [6.07, 6.45) is 6.77. The van der Waals surface area contributed by atoms with Crippen molar-refractivity contribution in [3.8, 4) is 0 Å². The summed E-state index contributed by atoms with van der Waals surface area (Å²) in [6.45, 7) is -0.0489. The number of carbonyl (C=O) groups is 2. The molecule has 4 nitrogen and oxygen atoms in total. The van der Waals surface area contributed by atoms with Crippen LogP contribution in [-0.4, -0.2) is 24.4 Å². The van der Waals surface area contributed by atoms with E-state index in [0.717, 1.165) is 25.7 Å². The van der Waals surface area contributed by atoms with Crippen LogP contribution in [0.3, 0.4) is 0 Å². The van der Waals surface area contributed by atoms with Crippen LogP contribution in [0, 0.1) is 5.82 Å². The number of amides is 2. The van der Waals surface area contributed by atoms with Gasteiger partial charge in [-0.2, -0.15) is 0 Å². The van der Waals surface area contributed by atoms with E-state index in [0.29, 0.717) is 5.56 Å². The molecule has 1 aliphatic rings. The molecule has 0 radical (unpaired) electrons. The number of halogens is 1. The molecule has 0 unspecified atom stereocenters. The Balaban J connectivity index is 1.75. The van der Waals surface area contributed by atoms with Crippen molar-refractivity contribution in [3.05, 3.63) is 35.6 Å². The number of hydrogen-bond donors (Lipinski definition) is 2. The maximum Gasteiger partial charge on any atom is 0.251 e. The summed E-state index contributed by atoms with van der Waals surface area (Å²) in [4.78, 5) is 23.6. The van der Waals surface area contributed by atoms with E-state index in [1.165, 1.54) is 37.1 Å². The second kappa shape index (κ2) is 7.76. The zero-order chi connectivity index (χ0) is 15.1. The van der Waals surface area contributed by atoms with E-state index in [9.17, 15) is 14.0 Å². The quantitative estimate of drug-likeness (QED) is 0.837. The van der Waals surface area contributed by atoms with Crippen molar-refractivity contribution in [1.82, 2.24) is 10.6 Å². The Morgan fingerprint density at radius 2 is 1.67 bits per heavy atom. The fourth-order valence-electron chi connectivity index (χ4n) is 2.57. The van der Waals surface area contributed by atoms with Crippen LogP contribution >= 0.6 is 0 Å². The van der Waals surface area contributed by atoms with Crippen molar-refractivity contribution in [1.29, 1.82) is 0 Å². The predicted molar refractivity (Wildman–Crippen MR) is 78.4 cm³/mol. The Kier molecular flexibility index (Phi) is 5.72. The number of nitrogens with one attached hydrogen (secondary N) is 2. The summed E-state index contributed by atoms with van der Waals surface area (Å²) in [5, 5.41) is 5.51. The molecule has 0 spiro atoms. The molecule has 21 heavy (non-hydrogen) atoms. The SMILES string of the molecule is O=C(CNC(=O)c1ccc(F)cc1)NC1CCCCCC1. The largest absolute Gasteiger partial charge is 0.352 e. The minimum Gasteiger partial charge on any atom is -0.352 e. The van der Waals surface area contributed by atoms with Gasteiger partial charge in [-0.1, -0.05) is 25.7 Å². The third-order valence-electron chi connectivity index (χ3n) is 3.74. The van der Waals surface area contributed by atoms with Crippen molar-refractivity contribution < 1.29 is 14.0 Å². The van der Waals surface area contributed by atoms with Gasteiger partial charge in [0.1, 0.15) is 5.82 Å². The van der Waals surface area contributed by atoms with Crippen molar-refractivity contribution in [3.63, 3.8) is 0 Å². The summed E-state index contributed by atoms with van der Waals surface area (Å²) in [7, 11) is 0. The van der Waals surface area contributed by atoms with Crippen molar-refractivity contribution in [2.24, 2.45) is 0 Å². The molecular weight excluding hydrogens is 271 g/mol. The van der Waals surface area contributed by atoms with Gasteiger partial charge in [0.25, 0.3) is 5.91 Å². The zero-order valence-electron chi connectivity index (χ0n) is 12.0. The van der Waals surface area contributed by atoms with Gasteiger partial charge < -0.3 is 10.6 Å². The predicted octanol–water partition coefficient (Wildman–Crippen LogP) is 2.39. The van der Waals surface area contributed by atoms with Crippen LogP contribution in [0.25, 0.3) is 0 Å². The lowest BCUT2D eigenvalue weighted by Gasteiger charge is -2.16. The second-order valence-electron chi connectivity index (χ2n) is 5.45. The Bertz CT molecular complexity index is 480. The maximum absolute atomic E-state index is 12.8. The first-order valence-corrected chi connectivity index (χ1v) is 7.48. The summed E-state index contributed by atoms with van der Waals surface area (Å²) < 4.78 is 12.8. The molecule has 0 heterocycles. The zero-order valence-corrected chi connectivity index (χ0v) is 12.0. The smallest absolute Gasteiger partial charge is 0.251 e. The number of carbonyl (C=O) groups excluding carboxylic acids is 2. The number of hydrogen-bond acceptors (Lipinski definition) is 2. The van der Waals surface area contributed by atoms with Crippen LogP contribution in [0.4, 0.5) is 4.39 Å². The Morgan fingerprint density at radius 1 is 1.05 bits per heavy atom. The second-order valence-corrected chi connectivity index (χ2v) is 5.45. The lowest BCUT2D eigenvalue weighted by molar-refractivity contribution is -0.120. The summed E-state index contributed by atoms with van der Waals surface area (Å²) in [5.74, 6) is -0.930. The standard InChI is InChI=1S/C16H21FN2O2/c17-13-9-7-12(8-10-13)16(21)18-11-15(20)19-14-5-3-1-2-4-6-14/h7-10,14H,1-6,11H2,(H,18,21)(H,19,20). The summed E-state index contributed by atoms with van der Waals surface area (Å²) in [5.41, 5.74) is 0.346. The fraction of sp³-hybridized carbons (Fsp3) is 0.500. The summed E-state index contributed by atoms with van der Waals surface area (Å²) >= 11 is 0. The van der Waals surface area contributed by atoms with Gasteiger partial charge in [-0.05, 0) is 37.1 Å². The van der Waals surface area contributed by atoms with Gasteiger partial charge in [-0.3, -0.25) is 9.59 Å². The molecule has 5 heteroatoms. The van der Waals surface area contributed by atoms with Crippen LogP contribution in [-0.2, 0) is 4.79 Å². The van der Waals surface area contributed by atoms with E-state index in [2.05, 4.69) is 10.6 Å². The van der Waals surface area contributed by atoms with Crippen molar-refractivity contribution >= 4 is 11.8 Å². The molecule has 2 N–H and O–H groups in total. The van der Waals surface area contributed by atoms with Gasteiger partial charge in [0, 0.05) is 11.6 Å². The topological polar surface area (TPSA) is 58.2 Å². The molecule has 1 aliphatic carbocycles. The molecule has 2 rings (SSSR count). The maximum atomic E-state index is 12.8. The number of benzene rings is 1. The molecule has 0 bridgehead atoms. The van der Waals surface area contributed by atoms with Crippen LogP contribution in [0.2, 0.25) is 0 Å². The van der Waals surface area contributed by atoms with Gasteiger partial charge in [-0.15, -0.1) is 0 Å². The van der Waals surface area contributed by atoms with Gasteiger partial charge in [0.2, 0.25) is 5.91 Å². The minimum absolute atomic E-state index is 0.0489. The highest BCUT2D eigenvalue weighted by Crippen LogP contribution is 2.16. The van der Waals surface area contributed by atoms with Crippen LogP contribution in [0.15, 0.2) is 24.3 Å². The van der Waals surface area contributed by atoms with E-state index in [-0.39, 0.29) is 24.4 Å². The average Bonchev–Trinajstić information content (AvgIpc) is 2.74. The first-order valence-electron chi connectivity index (χ1n) is 7.48. The Morgan fingerprint density at radius 3 is 2.29 bits per heavy atom. The molecule has 1 fully saturated rings. The lowest BCUT2D eigenvalue weighted by atomic mass is 10.1. The molecule has 0 aliphatic heterocycles. The highest BCUT2D eigenvalue weighted by atomic mass is 19.1. The molecule has 1 saturated carbocycles. The molecular formula is C16H21FN2O2. The van der Waals surface area contributed by atoms with Crippen molar-refractivity contribution in [2.45, 2.75) is 44.6 Å². The third-order valence-corrected chi connectivity index (χ3v) is 3.74.